The smallest absolute Gasteiger partial charge is 0.270 e. The number of carbonyl (C=O) groups excluding carboxylic acids is 1. The lowest BCUT2D eigenvalue weighted by atomic mass is 10.2. The molecule has 3 heterocycles. The fraction of sp³-hybridized carbons (Fsp3) is 0.389. The van der Waals surface area contributed by atoms with E-state index < -0.39 is 0 Å². The lowest BCUT2D eigenvalue weighted by Gasteiger charge is -2.26. The van der Waals surface area contributed by atoms with Crippen LogP contribution in [0.15, 0.2) is 30.6 Å². The molecule has 2 aromatic rings. The fourth-order valence-corrected chi connectivity index (χ4v) is 2.91. The first-order chi connectivity index (χ1) is 13.3. The first-order valence-corrected chi connectivity index (χ1v) is 8.85. The average molecular weight is 371 g/mol. The molecule has 0 unspecified atom stereocenters. The van der Waals surface area contributed by atoms with E-state index in [0.717, 1.165) is 38.5 Å². The van der Waals surface area contributed by atoms with Crippen LogP contribution in [-0.4, -0.2) is 67.0 Å². The van der Waals surface area contributed by atoms with Gasteiger partial charge in [0.05, 0.1) is 13.2 Å². The van der Waals surface area contributed by atoms with Crippen LogP contribution in [0.5, 0.6) is 11.5 Å². The van der Waals surface area contributed by atoms with Gasteiger partial charge >= 0.3 is 0 Å². The van der Waals surface area contributed by atoms with Crippen molar-refractivity contribution in [1.29, 1.82) is 0 Å². The molecule has 1 fully saturated rings. The second-order valence-corrected chi connectivity index (χ2v) is 6.19. The van der Waals surface area contributed by atoms with Gasteiger partial charge in [0.25, 0.3) is 5.91 Å². The average Bonchev–Trinajstić information content (AvgIpc) is 3.17. The second kappa shape index (κ2) is 8.19. The van der Waals surface area contributed by atoms with E-state index in [1.807, 2.05) is 18.2 Å². The van der Waals surface area contributed by atoms with Gasteiger partial charge in [-0.1, -0.05) is 0 Å². The summed E-state index contributed by atoms with van der Waals surface area (Å²) in [5.74, 6) is 1.69. The maximum Gasteiger partial charge on any atom is 0.270 e. The Labute approximate surface area is 156 Å². The van der Waals surface area contributed by atoms with Crippen LogP contribution in [0.25, 0.3) is 0 Å². The summed E-state index contributed by atoms with van der Waals surface area (Å²) in [6.07, 6.45) is 1.37. The predicted molar refractivity (Wildman–Crippen MR) is 97.5 cm³/mol. The SMILES string of the molecule is O=C(NCCN1CCOCC1)c1cc(Nc2ccc3c(c2)OCO3)ncn1. The van der Waals surface area contributed by atoms with Gasteiger partial charge in [0.1, 0.15) is 17.8 Å². The predicted octanol–water partition coefficient (Wildman–Crippen LogP) is 1.01. The number of morpholine rings is 1. The van der Waals surface area contributed by atoms with Crippen LogP contribution in [0.3, 0.4) is 0 Å². The quantitative estimate of drug-likeness (QED) is 0.777. The molecule has 0 aliphatic carbocycles. The molecule has 9 heteroatoms. The van der Waals surface area contributed by atoms with Gasteiger partial charge in [-0.25, -0.2) is 9.97 Å². The Morgan fingerprint density at radius 2 is 1.96 bits per heavy atom. The van der Waals surface area contributed by atoms with E-state index in [9.17, 15) is 4.79 Å². The van der Waals surface area contributed by atoms with Crippen LogP contribution in [0.2, 0.25) is 0 Å². The molecule has 1 amide bonds. The largest absolute Gasteiger partial charge is 0.454 e. The summed E-state index contributed by atoms with van der Waals surface area (Å²) in [6, 6.07) is 7.13. The summed E-state index contributed by atoms with van der Waals surface area (Å²) in [4.78, 5) is 22.8. The van der Waals surface area contributed by atoms with Crippen molar-refractivity contribution in [2.45, 2.75) is 0 Å². The molecular formula is C18H21N5O4. The molecule has 142 valence electrons. The van der Waals surface area contributed by atoms with E-state index >= 15 is 0 Å². The minimum atomic E-state index is -0.223. The number of nitrogens with zero attached hydrogens (tertiary/aromatic N) is 3. The summed E-state index contributed by atoms with van der Waals surface area (Å²) in [5.41, 5.74) is 1.10. The number of rotatable bonds is 6. The van der Waals surface area contributed by atoms with Gasteiger partial charge < -0.3 is 24.8 Å². The van der Waals surface area contributed by atoms with Gasteiger partial charge in [-0.05, 0) is 12.1 Å². The van der Waals surface area contributed by atoms with E-state index in [2.05, 4.69) is 25.5 Å². The van der Waals surface area contributed by atoms with Crippen molar-refractivity contribution >= 4 is 17.4 Å². The molecule has 27 heavy (non-hydrogen) atoms. The topological polar surface area (TPSA) is 97.8 Å². The zero-order chi connectivity index (χ0) is 18.5. The molecule has 1 aromatic carbocycles. The van der Waals surface area contributed by atoms with Crippen LogP contribution in [0.1, 0.15) is 10.5 Å². The molecule has 0 spiro atoms. The van der Waals surface area contributed by atoms with Crippen molar-refractivity contribution in [1.82, 2.24) is 20.2 Å². The van der Waals surface area contributed by atoms with Crippen molar-refractivity contribution in [2.75, 3.05) is 51.5 Å². The van der Waals surface area contributed by atoms with Crippen LogP contribution < -0.4 is 20.1 Å². The first-order valence-electron chi connectivity index (χ1n) is 8.85. The number of hydrogen-bond acceptors (Lipinski definition) is 8. The van der Waals surface area contributed by atoms with E-state index in [1.54, 1.807) is 6.07 Å². The first kappa shape index (κ1) is 17.5. The summed E-state index contributed by atoms with van der Waals surface area (Å²) in [5, 5.41) is 6.04. The monoisotopic (exact) mass is 371 g/mol. The van der Waals surface area contributed by atoms with Gasteiger partial charge in [0, 0.05) is 44.0 Å². The highest BCUT2D eigenvalue weighted by molar-refractivity contribution is 5.92. The molecule has 0 radical (unpaired) electrons. The molecule has 2 aliphatic heterocycles. The zero-order valence-corrected chi connectivity index (χ0v) is 14.8. The second-order valence-electron chi connectivity index (χ2n) is 6.19. The van der Waals surface area contributed by atoms with Gasteiger partial charge in [-0.3, -0.25) is 9.69 Å². The van der Waals surface area contributed by atoms with E-state index in [-0.39, 0.29) is 12.7 Å². The van der Waals surface area contributed by atoms with Crippen LogP contribution in [0, 0.1) is 0 Å². The molecule has 0 bridgehead atoms. The maximum absolute atomic E-state index is 12.3. The Morgan fingerprint density at radius 1 is 1.11 bits per heavy atom. The van der Waals surface area contributed by atoms with E-state index in [4.69, 9.17) is 14.2 Å². The van der Waals surface area contributed by atoms with E-state index in [0.29, 0.717) is 29.6 Å². The van der Waals surface area contributed by atoms with Crippen LogP contribution in [-0.2, 0) is 4.74 Å². The Kier molecular flexibility index (Phi) is 5.31. The summed E-state index contributed by atoms with van der Waals surface area (Å²) < 4.78 is 16.0. The molecule has 0 atom stereocenters. The molecule has 2 N–H and O–H groups in total. The zero-order valence-electron chi connectivity index (χ0n) is 14.8. The molecule has 0 saturated carbocycles. The highest BCUT2D eigenvalue weighted by Crippen LogP contribution is 2.34. The summed E-state index contributed by atoms with van der Waals surface area (Å²) in [7, 11) is 0. The molecule has 9 nitrogen and oxygen atoms in total. The lowest BCUT2D eigenvalue weighted by molar-refractivity contribution is 0.0383. The number of hydrogen-bond donors (Lipinski definition) is 2. The Morgan fingerprint density at radius 3 is 2.85 bits per heavy atom. The standard InChI is InChI=1S/C18H21N5O4/c24-18(19-3-4-23-5-7-25-8-6-23)14-10-17(21-11-20-14)22-13-1-2-15-16(9-13)27-12-26-15/h1-2,9-11H,3-8,12H2,(H,19,24)(H,20,21,22). The summed E-state index contributed by atoms with van der Waals surface area (Å²) >= 11 is 0. The van der Waals surface area contributed by atoms with Crippen LogP contribution >= 0.6 is 0 Å². The summed E-state index contributed by atoms with van der Waals surface area (Å²) in [6.45, 7) is 4.86. The Balaban J connectivity index is 1.33. The van der Waals surface area contributed by atoms with Crippen molar-refractivity contribution in [3.05, 3.63) is 36.3 Å². The minimum absolute atomic E-state index is 0.223. The Bertz CT molecular complexity index is 810. The highest BCUT2D eigenvalue weighted by atomic mass is 16.7. The fourth-order valence-electron chi connectivity index (χ4n) is 2.91. The third kappa shape index (κ3) is 4.44. The number of nitrogens with one attached hydrogen (secondary N) is 2. The molecular weight excluding hydrogens is 350 g/mol. The Hall–Kier alpha value is -2.91. The number of benzene rings is 1. The van der Waals surface area contributed by atoms with Gasteiger partial charge in [0.2, 0.25) is 6.79 Å². The number of fused-ring (bicyclic) bond motifs is 1. The highest BCUT2D eigenvalue weighted by Gasteiger charge is 2.15. The molecule has 4 rings (SSSR count). The third-order valence-corrected chi connectivity index (χ3v) is 4.36. The van der Waals surface area contributed by atoms with Crippen molar-refractivity contribution in [2.24, 2.45) is 0 Å². The number of anilines is 2. The minimum Gasteiger partial charge on any atom is -0.454 e. The van der Waals surface area contributed by atoms with Gasteiger partial charge in [-0.2, -0.15) is 0 Å². The number of amides is 1. The van der Waals surface area contributed by atoms with Crippen LogP contribution in [0.4, 0.5) is 11.5 Å². The third-order valence-electron chi connectivity index (χ3n) is 4.36. The van der Waals surface area contributed by atoms with E-state index in [1.165, 1.54) is 6.33 Å². The van der Waals surface area contributed by atoms with Crippen molar-refractivity contribution in [3.63, 3.8) is 0 Å². The molecule has 1 aromatic heterocycles. The normalized spacial score (nSPS) is 16.1. The van der Waals surface area contributed by atoms with Crippen molar-refractivity contribution in [3.8, 4) is 11.5 Å². The number of carbonyl (C=O) groups is 1. The van der Waals surface area contributed by atoms with Crippen molar-refractivity contribution < 1.29 is 19.0 Å². The molecule has 1 saturated heterocycles. The number of ether oxygens (including phenoxy) is 3. The van der Waals surface area contributed by atoms with Gasteiger partial charge in [-0.15, -0.1) is 0 Å². The van der Waals surface area contributed by atoms with Gasteiger partial charge in [0.15, 0.2) is 11.5 Å². The maximum atomic E-state index is 12.3. The number of aromatic nitrogens is 2. The lowest BCUT2D eigenvalue weighted by Crippen LogP contribution is -2.41. The molecule has 2 aliphatic rings.